The van der Waals surface area contributed by atoms with E-state index in [-0.39, 0.29) is 11.9 Å². The van der Waals surface area contributed by atoms with Crippen LogP contribution in [-0.2, 0) is 11.3 Å². The van der Waals surface area contributed by atoms with Crippen molar-refractivity contribution in [1.29, 1.82) is 0 Å². The maximum absolute atomic E-state index is 12.6. The minimum Gasteiger partial charge on any atom is -0.467 e. The van der Waals surface area contributed by atoms with Gasteiger partial charge in [0, 0.05) is 18.5 Å². The van der Waals surface area contributed by atoms with Crippen LogP contribution in [0.1, 0.15) is 50.7 Å². The molecule has 2 saturated carbocycles. The summed E-state index contributed by atoms with van der Waals surface area (Å²) >= 11 is 0. The zero-order valence-electron chi connectivity index (χ0n) is 12.0. The zero-order chi connectivity index (χ0) is 13.9. The number of carbonyl (C=O) groups excluding carboxylic acids is 1. The Morgan fingerprint density at radius 2 is 2.10 bits per heavy atom. The third-order valence-corrected chi connectivity index (χ3v) is 4.63. The minimum atomic E-state index is 0.0444. The van der Waals surface area contributed by atoms with Gasteiger partial charge < -0.3 is 15.1 Å². The molecule has 1 heterocycles. The van der Waals surface area contributed by atoms with Crippen molar-refractivity contribution in [1.82, 2.24) is 4.90 Å². The van der Waals surface area contributed by atoms with Crippen LogP contribution in [0.25, 0.3) is 0 Å². The van der Waals surface area contributed by atoms with E-state index >= 15 is 0 Å². The van der Waals surface area contributed by atoms with E-state index in [0.29, 0.717) is 24.9 Å². The summed E-state index contributed by atoms with van der Waals surface area (Å²) in [5, 5.41) is 0. The number of carbonyl (C=O) groups is 1. The van der Waals surface area contributed by atoms with Crippen molar-refractivity contribution >= 4 is 5.91 Å². The molecule has 0 spiro atoms. The summed E-state index contributed by atoms with van der Waals surface area (Å²) in [5.74, 6) is 1.64. The van der Waals surface area contributed by atoms with Crippen molar-refractivity contribution in [2.75, 3.05) is 0 Å². The topological polar surface area (TPSA) is 59.5 Å². The van der Waals surface area contributed by atoms with Crippen LogP contribution in [0.5, 0.6) is 0 Å². The van der Waals surface area contributed by atoms with Gasteiger partial charge in [0.1, 0.15) is 5.76 Å². The molecule has 4 nitrogen and oxygen atoms in total. The molecule has 2 fully saturated rings. The van der Waals surface area contributed by atoms with Crippen molar-refractivity contribution in [2.24, 2.45) is 11.7 Å². The summed E-state index contributed by atoms with van der Waals surface area (Å²) in [4.78, 5) is 14.6. The first-order chi connectivity index (χ1) is 9.74. The molecule has 0 aromatic carbocycles. The molecule has 2 aliphatic carbocycles. The fourth-order valence-electron chi connectivity index (χ4n) is 3.22. The Kier molecular flexibility index (Phi) is 4.10. The lowest BCUT2D eigenvalue weighted by molar-refractivity contribution is -0.135. The molecule has 0 saturated heterocycles. The molecule has 2 aliphatic rings. The molecule has 3 rings (SSSR count). The van der Waals surface area contributed by atoms with Crippen molar-refractivity contribution in [3.8, 4) is 0 Å². The van der Waals surface area contributed by atoms with Crippen LogP contribution < -0.4 is 5.73 Å². The first-order valence-corrected chi connectivity index (χ1v) is 7.81. The van der Waals surface area contributed by atoms with Gasteiger partial charge in [-0.1, -0.05) is 12.8 Å². The number of rotatable bonds is 6. The van der Waals surface area contributed by atoms with Crippen molar-refractivity contribution in [3.63, 3.8) is 0 Å². The summed E-state index contributed by atoms with van der Waals surface area (Å²) in [5.41, 5.74) is 6.12. The van der Waals surface area contributed by atoms with Gasteiger partial charge in [0.05, 0.1) is 12.8 Å². The third kappa shape index (κ3) is 3.23. The normalized spacial score (nSPS) is 21.1. The predicted octanol–water partition coefficient (Wildman–Crippen LogP) is 2.68. The Labute approximate surface area is 120 Å². The number of hydrogen-bond acceptors (Lipinski definition) is 3. The fourth-order valence-corrected chi connectivity index (χ4v) is 3.22. The second-order valence-corrected chi connectivity index (χ2v) is 6.24. The number of amides is 1. The van der Waals surface area contributed by atoms with Crippen LogP contribution >= 0.6 is 0 Å². The molecule has 1 atom stereocenters. The predicted molar refractivity (Wildman–Crippen MR) is 76.8 cm³/mol. The van der Waals surface area contributed by atoms with E-state index in [9.17, 15) is 4.79 Å². The largest absolute Gasteiger partial charge is 0.467 e. The second-order valence-electron chi connectivity index (χ2n) is 6.24. The van der Waals surface area contributed by atoms with Crippen LogP contribution in [0, 0.1) is 5.92 Å². The van der Waals surface area contributed by atoms with Crippen molar-refractivity contribution in [3.05, 3.63) is 24.2 Å². The van der Waals surface area contributed by atoms with E-state index in [4.69, 9.17) is 10.2 Å². The maximum Gasteiger partial charge on any atom is 0.224 e. The molecule has 0 aliphatic heterocycles. The number of nitrogens with zero attached hydrogens (tertiary/aromatic N) is 1. The SMILES string of the molecule is NC(CC(=O)N(Cc1ccco1)C1CCCC1)C1CC1. The molecule has 0 bridgehead atoms. The summed E-state index contributed by atoms with van der Waals surface area (Å²) in [6.45, 7) is 0.591. The van der Waals surface area contributed by atoms with Crippen LogP contribution in [0.15, 0.2) is 22.8 Å². The van der Waals surface area contributed by atoms with E-state index in [1.807, 2.05) is 17.0 Å². The summed E-state index contributed by atoms with van der Waals surface area (Å²) in [7, 11) is 0. The first-order valence-electron chi connectivity index (χ1n) is 7.81. The number of hydrogen-bond donors (Lipinski definition) is 1. The molecular weight excluding hydrogens is 252 g/mol. The number of furan rings is 1. The van der Waals surface area contributed by atoms with Crippen LogP contribution in [-0.4, -0.2) is 22.9 Å². The molecule has 1 aromatic rings. The highest BCUT2D eigenvalue weighted by Gasteiger charge is 2.33. The van der Waals surface area contributed by atoms with Crippen molar-refractivity contribution in [2.45, 2.75) is 63.6 Å². The van der Waals surface area contributed by atoms with Gasteiger partial charge in [-0.05, 0) is 43.7 Å². The smallest absolute Gasteiger partial charge is 0.224 e. The van der Waals surface area contributed by atoms with Gasteiger partial charge in [-0.15, -0.1) is 0 Å². The zero-order valence-corrected chi connectivity index (χ0v) is 12.0. The standard InChI is InChI=1S/C16H24N2O2/c17-15(12-7-8-12)10-16(19)18(13-4-1-2-5-13)11-14-6-3-9-20-14/h3,6,9,12-13,15H,1-2,4-5,7-8,10-11,17H2. The van der Waals surface area contributed by atoms with Gasteiger partial charge in [-0.2, -0.15) is 0 Å². The van der Waals surface area contributed by atoms with Gasteiger partial charge in [-0.25, -0.2) is 0 Å². The lowest BCUT2D eigenvalue weighted by atomic mass is 10.1. The summed E-state index contributed by atoms with van der Waals surface area (Å²) in [6.07, 6.45) is 9.22. The van der Waals surface area contributed by atoms with E-state index in [1.165, 1.54) is 25.7 Å². The molecule has 20 heavy (non-hydrogen) atoms. The highest BCUT2D eigenvalue weighted by Crippen LogP contribution is 2.34. The Balaban J connectivity index is 1.65. The average molecular weight is 276 g/mol. The Bertz CT molecular complexity index is 433. The second kappa shape index (κ2) is 6.00. The molecule has 2 N–H and O–H groups in total. The van der Waals surface area contributed by atoms with Gasteiger partial charge in [0.15, 0.2) is 0 Å². The average Bonchev–Trinajstić information content (AvgIpc) is 2.93. The summed E-state index contributed by atoms with van der Waals surface area (Å²) < 4.78 is 5.41. The molecule has 1 aromatic heterocycles. The third-order valence-electron chi connectivity index (χ3n) is 4.63. The molecule has 1 amide bonds. The Hall–Kier alpha value is -1.29. The Morgan fingerprint density at radius 3 is 2.70 bits per heavy atom. The van der Waals surface area contributed by atoms with E-state index in [0.717, 1.165) is 18.6 Å². The van der Waals surface area contributed by atoms with Crippen LogP contribution in [0.4, 0.5) is 0 Å². The monoisotopic (exact) mass is 276 g/mol. The van der Waals surface area contributed by atoms with Crippen molar-refractivity contribution < 1.29 is 9.21 Å². The van der Waals surface area contributed by atoms with Gasteiger partial charge in [0.25, 0.3) is 0 Å². The molecule has 0 radical (unpaired) electrons. The van der Waals surface area contributed by atoms with Crippen LogP contribution in [0.3, 0.4) is 0 Å². The lowest BCUT2D eigenvalue weighted by Gasteiger charge is -2.29. The van der Waals surface area contributed by atoms with E-state index in [1.54, 1.807) is 6.26 Å². The van der Waals surface area contributed by atoms with E-state index in [2.05, 4.69) is 0 Å². The number of nitrogens with two attached hydrogens (primary N) is 1. The maximum atomic E-state index is 12.6. The lowest BCUT2D eigenvalue weighted by Crippen LogP contribution is -2.41. The van der Waals surface area contributed by atoms with Gasteiger partial charge in [0.2, 0.25) is 5.91 Å². The quantitative estimate of drug-likeness (QED) is 0.869. The Morgan fingerprint density at radius 1 is 1.35 bits per heavy atom. The summed E-state index contributed by atoms with van der Waals surface area (Å²) in [6, 6.07) is 4.24. The fraction of sp³-hybridized carbons (Fsp3) is 0.688. The van der Waals surface area contributed by atoms with Gasteiger partial charge >= 0.3 is 0 Å². The molecular formula is C16H24N2O2. The van der Waals surface area contributed by atoms with E-state index < -0.39 is 0 Å². The highest BCUT2D eigenvalue weighted by molar-refractivity contribution is 5.77. The van der Waals surface area contributed by atoms with Crippen LogP contribution in [0.2, 0.25) is 0 Å². The minimum absolute atomic E-state index is 0.0444. The molecule has 110 valence electrons. The molecule has 1 unspecified atom stereocenters. The highest BCUT2D eigenvalue weighted by atomic mass is 16.3. The first kappa shape index (κ1) is 13.7. The van der Waals surface area contributed by atoms with Gasteiger partial charge in [-0.3, -0.25) is 4.79 Å². The molecule has 4 heteroatoms.